The molecule has 0 atom stereocenters. The number of rotatable bonds is 8. The lowest BCUT2D eigenvalue weighted by Crippen LogP contribution is -2.23. The second kappa shape index (κ2) is 12.0. The highest BCUT2D eigenvalue weighted by molar-refractivity contribution is 7.95. The van der Waals surface area contributed by atoms with Crippen LogP contribution < -0.4 is 8.37 Å². The molecule has 7 rings (SSSR count). The normalized spacial score (nSPS) is 16.4. The lowest BCUT2D eigenvalue weighted by atomic mass is 9.73. The van der Waals surface area contributed by atoms with Gasteiger partial charge < -0.3 is 8.37 Å². The lowest BCUT2D eigenvalue weighted by Gasteiger charge is -2.31. The van der Waals surface area contributed by atoms with Gasteiger partial charge in [-0.2, -0.15) is 0 Å². The number of fused-ring (bicyclic) bond motifs is 2. The van der Waals surface area contributed by atoms with Crippen molar-refractivity contribution in [1.29, 1.82) is 10.8 Å². The summed E-state index contributed by atoms with van der Waals surface area (Å²) >= 11 is 2.44. The topological polar surface area (TPSA) is 100 Å². The molecular weight excluding hydrogens is 601 g/mol. The van der Waals surface area contributed by atoms with Gasteiger partial charge in [0.05, 0.1) is 33.9 Å². The molecule has 0 bridgehead atoms. The van der Waals surface area contributed by atoms with Crippen molar-refractivity contribution in [3.05, 3.63) is 130 Å². The Kier molecular flexibility index (Phi) is 7.77. The number of ketones is 2. The molecule has 0 heterocycles. The molecule has 0 spiro atoms. The van der Waals surface area contributed by atoms with E-state index in [-0.39, 0.29) is 28.4 Å². The molecular formula is C37H28N2O4S2. The quantitative estimate of drug-likeness (QED) is 0.189. The Bertz CT molecular complexity index is 1790. The fourth-order valence-corrected chi connectivity index (χ4v) is 7.71. The van der Waals surface area contributed by atoms with Gasteiger partial charge in [-0.05, 0) is 72.5 Å². The summed E-state index contributed by atoms with van der Waals surface area (Å²) in [6.45, 7) is 0. The molecule has 4 aromatic rings. The summed E-state index contributed by atoms with van der Waals surface area (Å²) < 4.78 is 12.1. The third-order valence-corrected chi connectivity index (χ3v) is 10.3. The molecule has 6 nitrogen and oxygen atoms in total. The van der Waals surface area contributed by atoms with Crippen LogP contribution in [0.3, 0.4) is 0 Å². The number of Topliss-reactive ketones (excluding diaryl/α,β-unsaturated/α-hetero) is 2. The first-order valence-corrected chi connectivity index (χ1v) is 16.2. The molecule has 3 aliphatic rings. The van der Waals surface area contributed by atoms with Gasteiger partial charge in [-0.3, -0.25) is 20.4 Å². The molecule has 8 heteroatoms. The van der Waals surface area contributed by atoms with Crippen LogP contribution in [0.1, 0.15) is 68.7 Å². The van der Waals surface area contributed by atoms with E-state index in [1.54, 1.807) is 24.3 Å². The van der Waals surface area contributed by atoms with Crippen molar-refractivity contribution in [3.63, 3.8) is 0 Å². The van der Waals surface area contributed by atoms with Gasteiger partial charge in [0, 0.05) is 27.7 Å². The second-order valence-electron chi connectivity index (χ2n) is 11.3. The predicted molar refractivity (Wildman–Crippen MR) is 180 cm³/mol. The van der Waals surface area contributed by atoms with Crippen LogP contribution in [0.2, 0.25) is 0 Å². The maximum absolute atomic E-state index is 12.4. The molecule has 45 heavy (non-hydrogen) atoms. The smallest absolute Gasteiger partial charge is 0.211 e. The van der Waals surface area contributed by atoms with Crippen LogP contribution in [0.15, 0.2) is 107 Å². The maximum atomic E-state index is 12.4. The van der Waals surface area contributed by atoms with Gasteiger partial charge in [-0.15, -0.1) is 0 Å². The van der Waals surface area contributed by atoms with Crippen LogP contribution >= 0.6 is 24.1 Å². The van der Waals surface area contributed by atoms with E-state index in [1.807, 2.05) is 48.5 Å². The minimum atomic E-state index is -0.271. The zero-order valence-electron chi connectivity index (χ0n) is 24.2. The molecule has 1 fully saturated rings. The SMILES string of the molecule is N=C1C=Cc2c(SOc3ccc(C4(c5ccc(OSc6cccc7c6C=CC(=N)C7=O)cc5)CCCC4)cc3)cccc2C1=O. The van der Waals surface area contributed by atoms with Crippen LogP contribution in [0.25, 0.3) is 12.2 Å². The molecule has 1 saturated carbocycles. The van der Waals surface area contributed by atoms with E-state index >= 15 is 0 Å². The largest absolute Gasteiger partial charge is 0.421 e. The number of allylic oxidation sites excluding steroid dienone is 2. The van der Waals surface area contributed by atoms with Gasteiger partial charge in [-0.1, -0.05) is 73.5 Å². The molecule has 0 saturated heterocycles. The van der Waals surface area contributed by atoms with Crippen molar-refractivity contribution < 1.29 is 18.0 Å². The molecule has 0 aliphatic heterocycles. The summed E-state index contributed by atoms with van der Waals surface area (Å²) in [7, 11) is 0. The molecule has 0 amide bonds. The molecule has 0 radical (unpaired) electrons. The number of carbonyl (C=O) groups is 2. The lowest BCUT2D eigenvalue weighted by molar-refractivity contribution is 0.105. The fraction of sp³-hybridized carbons (Fsp3) is 0.135. The Balaban J connectivity index is 1.05. The van der Waals surface area contributed by atoms with Crippen LogP contribution in [0.5, 0.6) is 11.5 Å². The van der Waals surface area contributed by atoms with E-state index in [9.17, 15) is 9.59 Å². The zero-order chi connectivity index (χ0) is 31.0. The van der Waals surface area contributed by atoms with Crippen LogP contribution in [0.4, 0.5) is 0 Å². The highest BCUT2D eigenvalue weighted by Crippen LogP contribution is 2.47. The van der Waals surface area contributed by atoms with Crippen molar-refractivity contribution in [2.75, 3.05) is 0 Å². The van der Waals surface area contributed by atoms with E-state index in [0.29, 0.717) is 11.1 Å². The van der Waals surface area contributed by atoms with Crippen molar-refractivity contribution >= 4 is 59.2 Å². The third kappa shape index (κ3) is 5.45. The minimum absolute atomic E-state index is 0.00624. The number of hydrogen-bond donors (Lipinski definition) is 2. The zero-order valence-corrected chi connectivity index (χ0v) is 25.8. The van der Waals surface area contributed by atoms with Gasteiger partial charge in [0.25, 0.3) is 0 Å². The number of benzene rings is 4. The Hall–Kier alpha value is -4.66. The summed E-state index contributed by atoms with van der Waals surface area (Å²) in [6, 6.07) is 27.6. The Labute approximate surface area is 270 Å². The average Bonchev–Trinajstić information content (AvgIpc) is 3.58. The predicted octanol–water partition coefficient (Wildman–Crippen LogP) is 9.18. The van der Waals surface area contributed by atoms with E-state index in [0.717, 1.165) is 58.1 Å². The molecule has 2 N–H and O–H groups in total. The van der Waals surface area contributed by atoms with Gasteiger partial charge >= 0.3 is 0 Å². The minimum Gasteiger partial charge on any atom is -0.421 e. The van der Waals surface area contributed by atoms with Gasteiger partial charge in [0.1, 0.15) is 22.9 Å². The highest BCUT2D eigenvalue weighted by Gasteiger charge is 2.37. The van der Waals surface area contributed by atoms with Crippen molar-refractivity contribution in [2.24, 2.45) is 0 Å². The first-order chi connectivity index (χ1) is 21.9. The Morgan fingerprint density at radius 3 is 1.40 bits per heavy atom. The van der Waals surface area contributed by atoms with Crippen molar-refractivity contribution in [2.45, 2.75) is 40.9 Å². The third-order valence-electron chi connectivity index (χ3n) is 8.67. The summed E-state index contributed by atoms with van der Waals surface area (Å²) in [4.78, 5) is 26.4. The van der Waals surface area contributed by atoms with Gasteiger partial charge in [-0.25, -0.2) is 0 Å². The first-order valence-electron chi connectivity index (χ1n) is 14.7. The standard InChI is InChI=1S/C37H28N2O4S2/c38-31-19-17-27-29(35(31)40)5-3-7-33(27)44-42-25-13-9-23(10-14-25)37(21-1-2-22-37)24-11-15-26(16-12-24)43-45-34-8-4-6-30-28(34)18-20-32(39)36(30)41/h3-20,38-39H,1-2,21-22H2. The highest BCUT2D eigenvalue weighted by atomic mass is 32.2. The fourth-order valence-electron chi connectivity index (χ4n) is 6.32. The first kappa shape index (κ1) is 29.1. The number of nitrogens with one attached hydrogen (secondary N) is 2. The number of carbonyl (C=O) groups excluding carboxylic acids is 2. The molecule has 0 unspecified atom stereocenters. The summed E-state index contributed by atoms with van der Waals surface area (Å²) in [5.74, 6) is 0.913. The molecule has 222 valence electrons. The maximum Gasteiger partial charge on any atom is 0.211 e. The van der Waals surface area contributed by atoms with E-state index in [2.05, 4.69) is 24.3 Å². The summed E-state index contributed by atoms with van der Waals surface area (Å²) in [5, 5.41) is 15.6. The molecule has 3 aliphatic carbocycles. The second-order valence-corrected chi connectivity index (χ2v) is 12.8. The van der Waals surface area contributed by atoms with Crippen molar-refractivity contribution in [3.8, 4) is 11.5 Å². The van der Waals surface area contributed by atoms with E-state index < -0.39 is 0 Å². The summed E-state index contributed by atoms with van der Waals surface area (Å²) in [6.07, 6.45) is 11.1. The summed E-state index contributed by atoms with van der Waals surface area (Å²) in [5.41, 5.74) is 5.03. The van der Waals surface area contributed by atoms with Crippen LogP contribution in [-0.4, -0.2) is 23.0 Å². The van der Waals surface area contributed by atoms with Crippen LogP contribution in [0, 0.1) is 10.8 Å². The Morgan fingerprint density at radius 2 is 0.978 bits per heavy atom. The number of hydrogen-bond acceptors (Lipinski definition) is 8. The Morgan fingerprint density at radius 1 is 0.556 bits per heavy atom. The average molecular weight is 629 g/mol. The molecule has 0 aromatic heterocycles. The van der Waals surface area contributed by atoms with E-state index in [4.69, 9.17) is 19.2 Å². The van der Waals surface area contributed by atoms with E-state index in [1.165, 1.54) is 47.4 Å². The van der Waals surface area contributed by atoms with Crippen molar-refractivity contribution in [1.82, 2.24) is 0 Å². The monoisotopic (exact) mass is 628 g/mol. The van der Waals surface area contributed by atoms with Gasteiger partial charge in [0.2, 0.25) is 11.6 Å². The van der Waals surface area contributed by atoms with Crippen LogP contribution in [-0.2, 0) is 5.41 Å². The molecule has 4 aromatic carbocycles. The van der Waals surface area contributed by atoms with Gasteiger partial charge in [0.15, 0.2) is 0 Å².